The van der Waals surface area contributed by atoms with E-state index < -0.39 is 0 Å². The standard InChI is InChI=1S/C15H24O/c1-6-7-8-13(16)14-12(3)11(2)9-10-15(14,4)5/h7-8,11,14H,3,6,9-10H2,1-2,4-5H3/t11-,14-/m1/s1. The Morgan fingerprint density at radius 3 is 2.75 bits per heavy atom. The molecular formula is C15H24O. The van der Waals surface area contributed by atoms with E-state index in [4.69, 9.17) is 0 Å². The lowest BCUT2D eigenvalue weighted by molar-refractivity contribution is -0.121. The molecule has 1 aliphatic carbocycles. The van der Waals surface area contributed by atoms with E-state index in [1.54, 1.807) is 6.08 Å². The quantitative estimate of drug-likeness (QED) is 0.516. The number of rotatable bonds is 3. The molecule has 0 saturated heterocycles. The predicted octanol–water partition coefficient (Wildman–Crippen LogP) is 4.15. The highest BCUT2D eigenvalue weighted by atomic mass is 16.1. The zero-order valence-corrected chi connectivity index (χ0v) is 11.0. The maximum Gasteiger partial charge on any atom is 0.163 e. The van der Waals surface area contributed by atoms with Crippen LogP contribution in [0, 0.1) is 17.3 Å². The zero-order valence-electron chi connectivity index (χ0n) is 11.0. The topological polar surface area (TPSA) is 17.1 Å². The van der Waals surface area contributed by atoms with Gasteiger partial charge in [0.1, 0.15) is 0 Å². The fourth-order valence-electron chi connectivity index (χ4n) is 2.60. The minimum Gasteiger partial charge on any atom is -0.294 e. The average Bonchev–Trinajstić information content (AvgIpc) is 2.21. The van der Waals surface area contributed by atoms with Gasteiger partial charge in [0, 0.05) is 5.92 Å². The molecule has 0 heterocycles. The summed E-state index contributed by atoms with van der Waals surface area (Å²) in [5.74, 6) is 0.736. The van der Waals surface area contributed by atoms with Crippen molar-refractivity contribution in [3.05, 3.63) is 24.3 Å². The second-order valence-electron chi connectivity index (χ2n) is 5.65. The molecule has 90 valence electrons. The minimum atomic E-state index is 0.0130. The fraction of sp³-hybridized carbons (Fsp3) is 0.667. The third-order valence-corrected chi connectivity index (χ3v) is 3.81. The van der Waals surface area contributed by atoms with Gasteiger partial charge in [-0.1, -0.05) is 45.9 Å². The molecule has 0 radical (unpaired) electrons. The summed E-state index contributed by atoms with van der Waals surface area (Å²) in [6, 6.07) is 0. The van der Waals surface area contributed by atoms with Gasteiger partial charge in [-0.2, -0.15) is 0 Å². The summed E-state index contributed by atoms with van der Waals surface area (Å²) in [5.41, 5.74) is 1.20. The molecule has 0 aromatic rings. The van der Waals surface area contributed by atoms with Crippen LogP contribution in [-0.2, 0) is 4.79 Å². The number of carbonyl (C=O) groups excluding carboxylic acids is 1. The van der Waals surface area contributed by atoms with Crippen LogP contribution in [-0.4, -0.2) is 5.78 Å². The molecule has 1 saturated carbocycles. The Hall–Kier alpha value is -0.850. The highest BCUT2D eigenvalue weighted by Gasteiger charge is 2.40. The molecule has 1 nitrogen and oxygen atoms in total. The molecule has 0 spiro atoms. The van der Waals surface area contributed by atoms with Crippen LogP contribution >= 0.6 is 0 Å². The number of ketones is 1. The molecule has 1 rings (SSSR count). The molecular weight excluding hydrogens is 196 g/mol. The highest BCUT2D eigenvalue weighted by molar-refractivity contribution is 5.94. The summed E-state index contributed by atoms with van der Waals surface area (Å²) < 4.78 is 0. The Morgan fingerprint density at radius 2 is 2.19 bits per heavy atom. The van der Waals surface area contributed by atoms with E-state index in [1.807, 2.05) is 13.0 Å². The molecule has 1 aliphatic rings. The highest BCUT2D eigenvalue weighted by Crippen LogP contribution is 2.46. The van der Waals surface area contributed by atoms with Crippen molar-refractivity contribution in [2.45, 2.75) is 47.0 Å². The molecule has 0 aromatic carbocycles. The normalized spacial score (nSPS) is 29.6. The molecule has 0 aromatic heterocycles. The Balaban J connectivity index is 2.92. The summed E-state index contributed by atoms with van der Waals surface area (Å²) in [6.07, 6.45) is 6.89. The Labute approximate surface area is 99.6 Å². The lowest BCUT2D eigenvalue weighted by Crippen LogP contribution is -2.37. The summed E-state index contributed by atoms with van der Waals surface area (Å²) >= 11 is 0. The lowest BCUT2D eigenvalue weighted by atomic mass is 9.62. The van der Waals surface area contributed by atoms with Crippen LogP contribution in [0.15, 0.2) is 24.3 Å². The maximum atomic E-state index is 12.2. The van der Waals surface area contributed by atoms with Crippen LogP contribution in [0.1, 0.15) is 47.0 Å². The smallest absolute Gasteiger partial charge is 0.163 e. The van der Waals surface area contributed by atoms with Crippen molar-refractivity contribution in [1.82, 2.24) is 0 Å². The summed E-state index contributed by atoms with van der Waals surface area (Å²) in [7, 11) is 0. The lowest BCUT2D eigenvalue weighted by Gasteiger charge is -2.41. The molecule has 1 heteroatoms. The van der Waals surface area contributed by atoms with Crippen molar-refractivity contribution in [2.75, 3.05) is 0 Å². The van der Waals surface area contributed by atoms with Crippen molar-refractivity contribution in [3.8, 4) is 0 Å². The second-order valence-corrected chi connectivity index (χ2v) is 5.65. The van der Waals surface area contributed by atoms with Gasteiger partial charge in [-0.15, -0.1) is 0 Å². The van der Waals surface area contributed by atoms with Crippen LogP contribution in [0.3, 0.4) is 0 Å². The van der Waals surface area contributed by atoms with Crippen LogP contribution in [0.25, 0.3) is 0 Å². The van der Waals surface area contributed by atoms with Gasteiger partial charge in [-0.3, -0.25) is 4.79 Å². The van der Waals surface area contributed by atoms with E-state index >= 15 is 0 Å². The molecule has 0 bridgehead atoms. The molecule has 0 aliphatic heterocycles. The molecule has 0 unspecified atom stereocenters. The third-order valence-electron chi connectivity index (χ3n) is 3.81. The Kier molecular flexibility index (Phi) is 4.12. The number of carbonyl (C=O) groups is 1. The molecule has 1 fully saturated rings. The summed E-state index contributed by atoms with van der Waals surface area (Å²) in [4.78, 5) is 12.2. The number of hydrogen-bond donors (Lipinski definition) is 0. The van der Waals surface area contributed by atoms with Crippen LogP contribution in [0.5, 0.6) is 0 Å². The van der Waals surface area contributed by atoms with E-state index in [0.29, 0.717) is 5.92 Å². The fourth-order valence-corrected chi connectivity index (χ4v) is 2.60. The zero-order chi connectivity index (χ0) is 12.3. The van der Waals surface area contributed by atoms with Gasteiger partial charge in [0.05, 0.1) is 0 Å². The summed E-state index contributed by atoms with van der Waals surface area (Å²) in [5, 5.41) is 0. The van der Waals surface area contributed by atoms with Crippen molar-refractivity contribution < 1.29 is 4.79 Å². The number of hydrogen-bond acceptors (Lipinski definition) is 1. The Bertz CT molecular complexity index is 309. The van der Waals surface area contributed by atoms with Gasteiger partial charge in [0.15, 0.2) is 5.78 Å². The van der Waals surface area contributed by atoms with Gasteiger partial charge in [0.25, 0.3) is 0 Å². The number of allylic oxidation sites excluding steroid dienone is 3. The van der Waals surface area contributed by atoms with E-state index in [-0.39, 0.29) is 17.1 Å². The SMILES string of the molecule is C=C1[C@H](C(=O)C=CCC)C(C)(C)CC[C@H]1C. The summed E-state index contributed by atoms with van der Waals surface area (Å²) in [6.45, 7) is 12.8. The van der Waals surface area contributed by atoms with Crippen molar-refractivity contribution in [2.24, 2.45) is 17.3 Å². The Morgan fingerprint density at radius 1 is 1.56 bits per heavy atom. The van der Waals surface area contributed by atoms with Crippen molar-refractivity contribution in [1.29, 1.82) is 0 Å². The van der Waals surface area contributed by atoms with Gasteiger partial charge >= 0.3 is 0 Å². The van der Waals surface area contributed by atoms with E-state index in [1.165, 1.54) is 0 Å². The predicted molar refractivity (Wildman–Crippen MR) is 69.2 cm³/mol. The molecule has 0 amide bonds. The van der Waals surface area contributed by atoms with Gasteiger partial charge in [-0.05, 0) is 36.7 Å². The van der Waals surface area contributed by atoms with E-state index in [9.17, 15) is 4.79 Å². The van der Waals surface area contributed by atoms with Gasteiger partial charge in [-0.25, -0.2) is 0 Å². The molecule has 0 N–H and O–H groups in total. The van der Waals surface area contributed by atoms with Crippen LogP contribution in [0.4, 0.5) is 0 Å². The van der Waals surface area contributed by atoms with Crippen molar-refractivity contribution >= 4 is 5.78 Å². The first kappa shape index (κ1) is 13.2. The first-order valence-electron chi connectivity index (χ1n) is 6.29. The third kappa shape index (κ3) is 2.63. The first-order chi connectivity index (χ1) is 7.40. The monoisotopic (exact) mass is 220 g/mol. The first-order valence-corrected chi connectivity index (χ1v) is 6.29. The minimum absolute atomic E-state index is 0.0130. The maximum absolute atomic E-state index is 12.2. The average molecular weight is 220 g/mol. The van der Waals surface area contributed by atoms with Crippen molar-refractivity contribution in [3.63, 3.8) is 0 Å². The second kappa shape index (κ2) is 4.99. The van der Waals surface area contributed by atoms with Gasteiger partial charge in [0.2, 0.25) is 0 Å². The van der Waals surface area contributed by atoms with Crippen LogP contribution in [0.2, 0.25) is 0 Å². The van der Waals surface area contributed by atoms with Crippen LogP contribution < -0.4 is 0 Å². The van der Waals surface area contributed by atoms with E-state index in [2.05, 4.69) is 27.4 Å². The molecule has 16 heavy (non-hydrogen) atoms. The largest absolute Gasteiger partial charge is 0.294 e. The van der Waals surface area contributed by atoms with Gasteiger partial charge < -0.3 is 0 Å². The van der Waals surface area contributed by atoms with E-state index in [0.717, 1.165) is 24.8 Å². The molecule has 2 atom stereocenters.